The van der Waals surface area contributed by atoms with Gasteiger partial charge in [0.05, 0.1) is 16.8 Å². The van der Waals surface area contributed by atoms with Crippen LogP contribution >= 0.6 is 11.6 Å². The molecule has 0 aliphatic carbocycles. The van der Waals surface area contributed by atoms with Gasteiger partial charge in [-0.05, 0) is 44.2 Å². The molecule has 0 saturated heterocycles. The Morgan fingerprint density at radius 3 is 2.84 bits per heavy atom. The zero-order valence-electron chi connectivity index (χ0n) is 10.9. The van der Waals surface area contributed by atoms with E-state index in [0.29, 0.717) is 28.0 Å². The monoisotopic (exact) mass is 277 g/mol. The summed E-state index contributed by atoms with van der Waals surface area (Å²) in [5, 5.41) is 3.72. The van der Waals surface area contributed by atoms with Crippen LogP contribution in [0.15, 0.2) is 36.5 Å². The van der Waals surface area contributed by atoms with E-state index in [1.807, 2.05) is 26.0 Å². The Labute approximate surface area is 117 Å². The molecule has 0 radical (unpaired) electrons. The third-order valence-corrected chi connectivity index (χ3v) is 2.71. The fourth-order valence-corrected chi connectivity index (χ4v) is 1.76. The number of pyridine rings is 1. The van der Waals surface area contributed by atoms with Gasteiger partial charge in [0.2, 0.25) is 0 Å². The Bertz CT molecular complexity index is 572. The molecule has 1 aromatic heterocycles. The van der Waals surface area contributed by atoms with Gasteiger partial charge in [-0.2, -0.15) is 0 Å². The molecule has 0 aliphatic rings. The third kappa shape index (κ3) is 3.51. The lowest BCUT2D eigenvalue weighted by atomic mass is 10.2. The van der Waals surface area contributed by atoms with Crippen LogP contribution in [-0.2, 0) is 0 Å². The summed E-state index contributed by atoms with van der Waals surface area (Å²) in [5.74, 6) is 1.29. The molecule has 0 bridgehead atoms. The van der Waals surface area contributed by atoms with Gasteiger partial charge in [0.1, 0.15) is 0 Å². The highest BCUT2D eigenvalue weighted by Gasteiger charge is 2.09. The van der Waals surface area contributed by atoms with Crippen molar-refractivity contribution >= 4 is 28.8 Å². The second-order valence-electron chi connectivity index (χ2n) is 4.38. The quantitative estimate of drug-likeness (QED) is 0.834. The Morgan fingerprint density at radius 1 is 1.32 bits per heavy atom. The van der Waals surface area contributed by atoms with E-state index < -0.39 is 0 Å². The summed E-state index contributed by atoms with van der Waals surface area (Å²) in [6.07, 6.45) is 1.76. The van der Waals surface area contributed by atoms with Crippen molar-refractivity contribution in [3.8, 4) is 5.75 Å². The number of halogens is 1. The molecule has 3 N–H and O–H groups in total. The average Bonchev–Trinajstić information content (AvgIpc) is 2.35. The van der Waals surface area contributed by atoms with Crippen LogP contribution in [0.2, 0.25) is 5.02 Å². The number of nitrogen functional groups attached to an aromatic ring is 1. The van der Waals surface area contributed by atoms with Crippen LogP contribution in [0.4, 0.5) is 17.2 Å². The number of benzene rings is 1. The first-order valence-corrected chi connectivity index (χ1v) is 6.38. The van der Waals surface area contributed by atoms with Gasteiger partial charge < -0.3 is 15.8 Å². The molecule has 0 aliphatic heterocycles. The van der Waals surface area contributed by atoms with Gasteiger partial charge in [0.15, 0.2) is 11.6 Å². The first-order chi connectivity index (χ1) is 9.06. The number of ether oxygens (including phenoxy) is 1. The Hall–Kier alpha value is -1.94. The van der Waals surface area contributed by atoms with Crippen LogP contribution in [-0.4, -0.2) is 11.1 Å². The fraction of sp³-hybridized carbons (Fsp3) is 0.214. The van der Waals surface area contributed by atoms with Gasteiger partial charge in [0, 0.05) is 11.9 Å². The molecule has 1 aromatic carbocycles. The predicted octanol–water partition coefficient (Wildman–Crippen LogP) is 3.85. The highest BCUT2D eigenvalue weighted by Crippen LogP contribution is 2.31. The standard InChI is InChI=1S/C14H16ClN3O/c1-9(2)19-13-4-3-7-17-14(13)18-12-8-10(16)5-6-11(12)15/h3-9H,16H2,1-2H3,(H,17,18). The van der Waals surface area contributed by atoms with Crippen LogP contribution in [0.25, 0.3) is 0 Å². The van der Waals surface area contributed by atoms with E-state index in [2.05, 4.69) is 10.3 Å². The highest BCUT2D eigenvalue weighted by atomic mass is 35.5. The van der Waals surface area contributed by atoms with E-state index in [-0.39, 0.29) is 6.10 Å². The molecule has 0 spiro atoms. The largest absolute Gasteiger partial charge is 0.487 e. The first kappa shape index (κ1) is 13.5. The molecular formula is C14H16ClN3O. The number of anilines is 3. The lowest BCUT2D eigenvalue weighted by Gasteiger charge is -2.15. The Kier molecular flexibility index (Phi) is 4.12. The predicted molar refractivity (Wildman–Crippen MR) is 79.1 cm³/mol. The molecule has 4 nitrogen and oxygen atoms in total. The molecule has 0 saturated carbocycles. The minimum Gasteiger partial charge on any atom is -0.487 e. The summed E-state index contributed by atoms with van der Waals surface area (Å²) in [5.41, 5.74) is 7.09. The molecule has 5 heteroatoms. The second-order valence-corrected chi connectivity index (χ2v) is 4.79. The summed E-state index contributed by atoms with van der Waals surface area (Å²) >= 11 is 6.12. The number of nitrogens with two attached hydrogens (primary N) is 1. The summed E-state index contributed by atoms with van der Waals surface area (Å²) in [7, 11) is 0. The number of nitrogens with zero attached hydrogens (tertiary/aromatic N) is 1. The van der Waals surface area contributed by atoms with Crippen molar-refractivity contribution in [2.45, 2.75) is 20.0 Å². The summed E-state index contributed by atoms with van der Waals surface area (Å²) in [6, 6.07) is 8.93. The Balaban J connectivity index is 2.30. The minimum absolute atomic E-state index is 0.0704. The SMILES string of the molecule is CC(C)Oc1cccnc1Nc1cc(N)ccc1Cl. The molecule has 0 atom stereocenters. The average molecular weight is 278 g/mol. The number of hydrogen-bond donors (Lipinski definition) is 2. The maximum atomic E-state index is 6.12. The van der Waals surface area contributed by atoms with E-state index in [9.17, 15) is 0 Å². The van der Waals surface area contributed by atoms with Gasteiger partial charge in [-0.3, -0.25) is 0 Å². The smallest absolute Gasteiger partial charge is 0.173 e. The number of rotatable bonds is 4. The van der Waals surface area contributed by atoms with E-state index in [4.69, 9.17) is 22.1 Å². The number of nitrogens with one attached hydrogen (secondary N) is 1. The molecule has 1 heterocycles. The normalized spacial score (nSPS) is 10.5. The molecule has 2 rings (SSSR count). The van der Waals surface area contributed by atoms with Crippen molar-refractivity contribution in [3.63, 3.8) is 0 Å². The van der Waals surface area contributed by atoms with Crippen molar-refractivity contribution in [2.75, 3.05) is 11.1 Å². The topological polar surface area (TPSA) is 60.2 Å². The summed E-state index contributed by atoms with van der Waals surface area (Å²) < 4.78 is 5.69. The van der Waals surface area contributed by atoms with Crippen LogP contribution in [0, 0.1) is 0 Å². The third-order valence-electron chi connectivity index (χ3n) is 2.38. The zero-order valence-corrected chi connectivity index (χ0v) is 11.6. The van der Waals surface area contributed by atoms with Crippen LogP contribution in [0.5, 0.6) is 5.75 Å². The van der Waals surface area contributed by atoms with Crippen molar-refractivity contribution in [1.29, 1.82) is 0 Å². The molecule has 2 aromatic rings. The van der Waals surface area contributed by atoms with Crippen molar-refractivity contribution in [3.05, 3.63) is 41.6 Å². The van der Waals surface area contributed by atoms with Gasteiger partial charge in [-0.25, -0.2) is 4.98 Å². The van der Waals surface area contributed by atoms with Crippen LogP contribution < -0.4 is 15.8 Å². The van der Waals surface area contributed by atoms with Gasteiger partial charge >= 0.3 is 0 Å². The van der Waals surface area contributed by atoms with Crippen molar-refractivity contribution < 1.29 is 4.74 Å². The van der Waals surface area contributed by atoms with Crippen molar-refractivity contribution in [1.82, 2.24) is 4.98 Å². The number of hydrogen-bond acceptors (Lipinski definition) is 4. The molecular weight excluding hydrogens is 262 g/mol. The molecule has 100 valence electrons. The van der Waals surface area contributed by atoms with Gasteiger partial charge in [-0.1, -0.05) is 11.6 Å². The first-order valence-electron chi connectivity index (χ1n) is 6.00. The van der Waals surface area contributed by atoms with Gasteiger partial charge in [-0.15, -0.1) is 0 Å². The van der Waals surface area contributed by atoms with Crippen LogP contribution in [0.1, 0.15) is 13.8 Å². The lowest BCUT2D eigenvalue weighted by molar-refractivity contribution is 0.243. The molecule has 0 amide bonds. The maximum Gasteiger partial charge on any atom is 0.173 e. The van der Waals surface area contributed by atoms with Crippen molar-refractivity contribution in [2.24, 2.45) is 0 Å². The zero-order chi connectivity index (χ0) is 13.8. The summed E-state index contributed by atoms with van der Waals surface area (Å²) in [6.45, 7) is 3.93. The number of aromatic nitrogens is 1. The van der Waals surface area contributed by atoms with E-state index in [1.165, 1.54) is 0 Å². The van der Waals surface area contributed by atoms with E-state index in [0.717, 1.165) is 0 Å². The fourth-order valence-electron chi connectivity index (χ4n) is 1.60. The molecule has 19 heavy (non-hydrogen) atoms. The lowest BCUT2D eigenvalue weighted by Crippen LogP contribution is -2.08. The minimum atomic E-state index is 0.0704. The van der Waals surface area contributed by atoms with E-state index >= 15 is 0 Å². The molecule has 0 unspecified atom stereocenters. The highest BCUT2D eigenvalue weighted by molar-refractivity contribution is 6.33. The summed E-state index contributed by atoms with van der Waals surface area (Å²) in [4.78, 5) is 4.26. The molecule has 0 fully saturated rings. The van der Waals surface area contributed by atoms with E-state index in [1.54, 1.807) is 24.4 Å². The Morgan fingerprint density at radius 2 is 2.11 bits per heavy atom. The van der Waals surface area contributed by atoms with Gasteiger partial charge in [0.25, 0.3) is 0 Å². The maximum absolute atomic E-state index is 6.12. The van der Waals surface area contributed by atoms with Crippen LogP contribution in [0.3, 0.4) is 0 Å². The second kappa shape index (κ2) is 5.80.